The van der Waals surface area contributed by atoms with E-state index in [9.17, 15) is 18.3 Å². The fourth-order valence-corrected chi connectivity index (χ4v) is 3.44. The molecule has 29 heavy (non-hydrogen) atoms. The van der Waals surface area contributed by atoms with Crippen LogP contribution in [0, 0.1) is 0 Å². The first-order valence-electron chi connectivity index (χ1n) is 9.56. The van der Waals surface area contributed by atoms with Crippen molar-refractivity contribution in [1.29, 1.82) is 0 Å². The molecule has 0 aliphatic carbocycles. The summed E-state index contributed by atoms with van der Waals surface area (Å²) in [6.07, 6.45) is -4.97. The van der Waals surface area contributed by atoms with Crippen molar-refractivity contribution in [3.8, 4) is 11.5 Å². The maximum absolute atomic E-state index is 12.9. The number of benzene rings is 2. The number of rotatable bonds is 7. The largest absolute Gasteiger partial charge is 0.497 e. The van der Waals surface area contributed by atoms with Gasteiger partial charge in [0.25, 0.3) is 0 Å². The summed E-state index contributed by atoms with van der Waals surface area (Å²) in [4.78, 5) is 3.16. The van der Waals surface area contributed by atoms with Crippen molar-refractivity contribution in [3.05, 3.63) is 54.1 Å². The van der Waals surface area contributed by atoms with Crippen LogP contribution in [0.2, 0.25) is 0 Å². The number of aliphatic hydroxyl groups is 1. The number of piperazine rings is 1. The topological polar surface area (TPSA) is 46.4 Å². The maximum atomic E-state index is 12.9. The number of methoxy groups -OCH3 is 1. The van der Waals surface area contributed by atoms with Crippen molar-refractivity contribution in [2.24, 2.45) is 0 Å². The number of hydrogen-bond donors (Lipinski definition) is 2. The molecule has 3 rings (SSSR count). The van der Waals surface area contributed by atoms with Gasteiger partial charge in [0.15, 0.2) is 0 Å². The van der Waals surface area contributed by atoms with Gasteiger partial charge in [-0.1, -0.05) is 12.1 Å². The minimum Gasteiger partial charge on any atom is -0.497 e. The summed E-state index contributed by atoms with van der Waals surface area (Å²) in [5.74, 6) is 1.32. The number of anilines is 1. The predicted octanol–water partition coefficient (Wildman–Crippen LogP) is 1.86. The maximum Gasteiger partial charge on any atom is 0.416 e. The van der Waals surface area contributed by atoms with Gasteiger partial charge in [0.1, 0.15) is 30.8 Å². The normalized spacial score (nSPS) is 16.5. The number of halogens is 3. The van der Waals surface area contributed by atoms with E-state index in [4.69, 9.17) is 9.47 Å². The van der Waals surface area contributed by atoms with Crippen LogP contribution in [0.3, 0.4) is 0 Å². The summed E-state index contributed by atoms with van der Waals surface area (Å²) in [6, 6.07) is 12.6. The van der Waals surface area contributed by atoms with Crippen molar-refractivity contribution in [3.63, 3.8) is 0 Å². The number of nitrogens with zero attached hydrogens (tertiary/aromatic N) is 1. The summed E-state index contributed by atoms with van der Waals surface area (Å²) >= 11 is 0. The van der Waals surface area contributed by atoms with Crippen molar-refractivity contribution in [1.82, 2.24) is 0 Å². The predicted molar refractivity (Wildman–Crippen MR) is 104 cm³/mol. The molecule has 8 heteroatoms. The molecule has 0 aromatic heterocycles. The van der Waals surface area contributed by atoms with Gasteiger partial charge in [-0.05, 0) is 30.3 Å². The summed E-state index contributed by atoms with van der Waals surface area (Å²) in [7, 11) is 1.58. The van der Waals surface area contributed by atoms with E-state index in [1.807, 2.05) is 17.0 Å². The zero-order chi connectivity index (χ0) is 20.9. The van der Waals surface area contributed by atoms with Crippen molar-refractivity contribution in [2.75, 3.05) is 51.3 Å². The van der Waals surface area contributed by atoms with Crippen molar-refractivity contribution < 1.29 is 32.7 Å². The second-order valence-corrected chi connectivity index (χ2v) is 7.13. The van der Waals surface area contributed by atoms with Crippen LogP contribution in [0.5, 0.6) is 11.5 Å². The number of quaternary nitrogens is 1. The van der Waals surface area contributed by atoms with E-state index in [2.05, 4.69) is 0 Å². The molecule has 0 amide bonds. The van der Waals surface area contributed by atoms with Gasteiger partial charge in [-0.2, -0.15) is 13.2 Å². The van der Waals surface area contributed by atoms with Crippen molar-refractivity contribution in [2.45, 2.75) is 12.3 Å². The molecule has 2 aromatic rings. The first-order valence-corrected chi connectivity index (χ1v) is 9.56. The Morgan fingerprint density at radius 3 is 2.45 bits per heavy atom. The lowest BCUT2D eigenvalue weighted by molar-refractivity contribution is -0.903. The second-order valence-electron chi connectivity index (χ2n) is 7.13. The van der Waals surface area contributed by atoms with Gasteiger partial charge in [0, 0.05) is 11.8 Å². The van der Waals surface area contributed by atoms with Gasteiger partial charge in [0.2, 0.25) is 0 Å². The van der Waals surface area contributed by atoms with E-state index in [0.717, 1.165) is 19.2 Å². The van der Waals surface area contributed by atoms with Crippen LogP contribution in [0.15, 0.2) is 48.5 Å². The van der Waals surface area contributed by atoms with E-state index in [1.165, 1.54) is 17.0 Å². The minimum absolute atomic E-state index is 0.175. The Morgan fingerprint density at radius 2 is 1.76 bits per heavy atom. The average Bonchev–Trinajstić information content (AvgIpc) is 2.72. The standard InChI is InChI=1S/C21H25F3N2O3/c1-28-19-6-3-7-20(13-19)29-15-18(27)14-25-8-10-26(11-9-25)17-5-2-4-16(12-17)21(22,23)24/h2-7,12-13,18,27H,8-11,14-15H2,1H3/p+1/t18-/m1/s1. The van der Waals surface area contributed by atoms with Crippen LogP contribution in [0.4, 0.5) is 18.9 Å². The van der Waals surface area contributed by atoms with Crippen molar-refractivity contribution >= 4 is 5.69 Å². The molecule has 1 fully saturated rings. The van der Waals surface area contributed by atoms with Crippen LogP contribution in [-0.4, -0.2) is 57.7 Å². The van der Waals surface area contributed by atoms with Gasteiger partial charge in [-0.3, -0.25) is 0 Å². The minimum atomic E-state index is -4.34. The number of hydrogen-bond acceptors (Lipinski definition) is 4. The molecule has 2 aromatic carbocycles. The molecule has 1 atom stereocenters. The number of aliphatic hydroxyl groups excluding tert-OH is 1. The third-order valence-electron chi connectivity index (χ3n) is 5.02. The first-order chi connectivity index (χ1) is 13.8. The van der Waals surface area contributed by atoms with Gasteiger partial charge in [0.05, 0.1) is 38.9 Å². The Kier molecular flexibility index (Phi) is 6.87. The fraction of sp³-hybridized carbons (Fsp3) is 0.429. The molecule has 0 spiro atoms. The van der Waals surface area contributed by atoms with Crippen LogP contribution in [0.25, 0.3) is 0 Å². The van der Waals surface area contributed by atoms with Crippen LogP contribution in [-0.2, 0) is 6.18 Å². The summed E-state index contributed by atoms with van der Waals surface area (Å²) in [5, 5.41) is 10.3. The van der Waals surface area contributed by atoms with E-state index < -0.39 is 17.8 Å². The zero-order valence-corrected chi connectivity index (χ0v) is 16.3. The van der Waals surface area contributed by atoms with Gasteiger partial charge in [-0.15, -0.1) is 0 Å². The fourth-order valence-electron chi connectivity index (χ4n) is 3.44. The Labute approximate surface area is 168 Å². The van der Waals surface area contributed by atoms with Crippen LogP contribution in [0.1, 0.15) is 5.56 Å². The van der Waals surface area contributed by atoms with E-state index in [-0.39, 0.29) is 6.61 Å². The second kappa shape index (κ2) is 9.37. The quantitative estimate of drug-likeness (QED) is 0.730. The monoisotopic (exact) mass is 411 g/mol. The number of alkyl halides is 3. The number of nitrogens with one attached hydrogen (secondary N) is 1. The molecule has 0 radical (unpaired) electrons. The Morgan fingerprint density at radius 1 is 1.07 bits per heavy atom. The highest BCUT2D eigenvalue weighted by atomic mass is 19.4. The lowest BCUT2D eigenvalue weighted by Gasteiger charge is -2.34. The molecule has 1 heterocycles. The highest BCUT2D eigenvalue weighted by Gasteiger charge is 2.31. The molecular weight excluding hydrogens is 385 g/mol. The first kappa shape index (κ1) is 21.3. The molecule has 1 aliphatic heterocycles. The molecule has 0 unspecified atom stereocenters. The van der Waals surface area contributed by atoms with Gasteiger partial charge in [-0.25, -0.2) is 0 Å². The SMILES string of the molecule is COc1cccc(OC[C@H](O)C[NH+]2CCN(c3cccc(C(F)(F)F)c3)CC2)c1. The molecular formula is C21H26F3N2O3+. The average molecular weight is 411 g/mol. The smallest absolute Gasteiger partial charge is 0.416 e. The van der Waals surface area contributed by atoms with Gasteiger partial charge >= 0.3 is 6.18 Å². The lowest BCUT2D eigenvalue weighted by Crippen LogP contribution is -3.16. The highest BCUT2D eigenvalue weighted by Crippen LogP contribution is 2.31. The molecule has 0 bridgehead atoms. The molecule has 1 saturated heterocycles. The third-order valence-corrected chi connectivity index (χ3v) is 5.02. The molecule has 2 N–H and O–H groups in total. The molecule has 5 nitrogen and oxygen atoms in total. The summed E-state index contributed by atoms with van der Waals surface area (Å²) in [6.45, 7) is 3.47. The van der Waals surface area contributed by atoms with Gasteiger partial charge < -0.3 is 24.4 Å². The van der Waals surface area contributed by atoms with Crippen LogP contribution >= 0.6 is 0 Å². The highest BCUT2D eigenvalue weighted by molar-refractivity contribution is 5.49. The Bertz CT molecular complexity index is 793. The van der Waals surface area contributed by atoms with E-state index in [1.54, 1.807) is 25.3 Å². The molecule has 1 aliphatic rings. The summed E-state index contributed by atoms with van der Waals surface area (Å²) < 4.78 is 49.5. The molecule has 0 saturated carbocycles. The number of ether oxygens (including phenoxy) is 2. The Balaban J connectivity index is 1.46. The zero-order valence-electron chi connectivity index (χ0n) is 16.3. The van der Waals surface area contributed by atoms with E-state index >= 15 is 0 Å². The summed E-state index contributed by atoms with van der Waals surface area (Å²) in [5.41, 5.74) is -0.0457. The van der Waals surface area contributed by atoms with E-state index in [0.29, 0.717) is 36.8 Å². The van der Waals surface area contributed by atoms with Crippen LogP contribution < -0.4 is 19.3 Å². The lowest BCUT2D eigenvalue weighted by atomic mass is 10.1. The Hall–Kier alpha value is -2.45. The third kappa shape index (κ3) is 6.01. The molecule has 158 valence electrons.